The number of sulfonamides is 1. The van der Waals surface area contributed by atoms with E-state index in [0.717, 1.165) is 57.7 Å². The molecule has 2 heterocycles. The predicted molar refractivity (Wildman–Crippen MR) is 159 cm³/mol. The van der Waals surface area contributed by atoms with Crippen molar-refractivity contribution in [3.05, 3.63) is 82.4 Å². The van der Waals surface area contributed by atoms with Crippen LogP contribution >= 0.6 is 22.9 Å². The van der Waals surface area contributed by atoms with E-state index in [1.54, 1.807) is 59.9 Å². The predicted octanol–water partition coefficient (Wildman–Crippen LogP) is 4.92. The van der Waals surface area contributed by atoms with Gasteiger partial charge in [-0.05, 0) is 55.8 Å². The molecule has 4 aromatic rings. The van der Waals surface area contributed by atoms with Crippen molar-refractivity contribution in [2.24, 2.45) is 0 Å². The van der Waals surface area contributed by atoms with E-state index in [-0.39, 0.29) is 22.1 Å². The molecule has 0 radical (unpaired) electrons. The molecule has 0 atom stereocenters. The second kappa shape index (κ2) is 11.5. The van der Waals surface area contributed by atoms with Crippen molar-refractivity contribution < 1.29 is 13.2 Å². The van der Waals surface area contributed by atoms with Gasteiger partial charge in [0.15, 0.2) is 5.13 Å². The highest BCUT2D eigenvalue weighted by Gasteiger charge is 2.22. The highest BCUT2D eigenvalue weighted by atomic mass is 35.5. The van der Waals surface area contributed by atoms with Crippen molar-refractivity contribution in [3.8, 4) is 0 Å². The van der Waals surface area contributed by atoms with Gasteiger partial charge in [0.05, 0.1) is 26.4 Å². The third kappa shape index (κ3) is 6.19. The van der Waals surface area contributed by atoms with E-state index < -0.39 is 10.0 Å². The van der Waals surface area contributed by atoms with Gasteiger partial charge in [0.2, 0.25) is 0 Å². The number of nitrogens with zero attached hydrogens (tertiary/aromatic N) is 3. The van der Waals surface area contributed by atoms with E-state index in [1.165, 1.54) is 0 Å². The van der Waals surface area contributed by atoms with E-state index in [0.29, 0.717) is 13.1 Å². The Morgan fingerprint density at radius 1 is 1.00 bits per heavy atom. The summed E-state index contributed by atoms with van der Waals surface area (Å²) in [5, 5.41) is 4.68. The number of hydrogen-bond acceptors (Lipinski definition) is 7. The first-order chi connectivity index (χ1) is 18.7. The molecule has 3 aromatic carbocycles. The van der Waals surface area contributed by atoms with Gasteiger partial charge in [0, 0.05) is 44.3 Å². The van der Waals surface area contributed by atoms with Crippen LogP contribution in [0, 0.1) is 13.8 Å². The first kappa shape index (κ1) is 27.4. The topological polar surface area (TPSA) is 94.6 Å². The third-order valence-electron chi connectivity index (χ3n) is 6.84. The Labute approximate surface area is 237 Å². The number of piperazine rings is 1. The summed E-state index contributed by atoms with van der Waals surface area (Å²) in [6, 6.07) is 17.2. The number of carbonyl (C=O) groups is 1. The fourth-order valence-electron chi connectivity index (χ4n) is 4.50. The van der Waals surface area contributed by atoms with Gasteiger partial charge in [-0.25, -0.2) is 13.4 Å². The zero-order chi connectivity index (χ0) is 27.6. The van der Waals surface area contributed by atoms with Crippen molar-refractivity contribution in [3.63, 3.8) is 0 Å². The molecule has 204 valence electrons. The molecule has 0 bridgehead atoms. The van der Waals surface area contributed by atoms with Gasteiger partial charge >= 0.3 is 0 Å². The van der Waals surface area contributed by atoms with Gasteiger partial charge in [-0.1, -0.05) is 52.8 Å². The molecule has 11 heteroatoms. The number of nitrogens with one attached hydrogen (secondary N) is 2. The Balaban J connectivity index is 1.14. The largest absolute Gasteiger partial charge is 0.351 e. The number of aryl methyl sites for hydroxylation is 2. The van der Waals surface area contributed by atoms with Crippen molar-refractivity contribution in [2.45, 2.75) is 18.7 Å². The lowest BCUT2D eigenvalue weighted by Crippen LogP contribution is -2.48. The van der Waals surface area contributed by atoms with E-state index in [4.69, 9.17) is 16.6 Å². The van der Waals surface area contributed by atoms with Gasteiger partial charge in [-0.3, -0.25) is 14.4 Å². The average molecular weight is 584 g/mol. The summed E-state index contributed by atoms with van der Waals surface area (Å²) < 4.78 is 29.4. The highest BCUT2D eigenvalue weighted by Crippen LogP contribution is 2.33. The molecule has 5 rings (SSSR count). The standard InChI is InChI=1S/C28H30ClN5O3S2/c1-19-7-9-21(10-8-19)39(36,37)32-24-6-4-3-5-22(24)27(35)30-13-14-33-15-17-34(18-16-33)28-31-26-20(2)23(29)11-12-25(26)38-28/h3-12,32H,13-18H2,1-2H3,(H,30,35). The molecule has 1 aliphatic rings. The quantitative estimate of drug-likeness (QED) is 0.306. The van der Waals surface area contributed by atoms with Crippen LogP contribution in [0.15, 0.2) is 65.6 Å². The monoisotopic (exact) mass is 583 g/mol. The summed E-state index contributed by atoms with van der Waals surface area (Å²) in [6.45, 7) is 8.47. The van der Waals surface area contributed by atoms with Crippen molar-refractivity contribution in [1.82, 2.24) is 15.2 Å². The average Bonchev–Trinajstić information content (AvgIpc) is 3.37. The summed E-state index contributed by atoms with van der Waals surface area (Å²) in [5.41, 5.74) is 3.47. The number of anilines is 2. The van der Waals surface area contributed by atoms with Crippen molar-refractivity contribution in [1.29, 1.82) is 0 Å². The van der Waals surface area contributed by atoms with Gasteiger partial charge in [0.25, 0.3) is 15.9 Å². The zero-order valence-electron chi connectivity index (χ0n) is 21.8. The van der Waals surface area contributed by atoms with Crippen molar-refractivity contribution >= 4 is 59.9 Å². The first-order valence-corrected chi connectivity index (χ1v) is 15.4. The molecule has 1 aliphatic heterocycles. The number of aromatic nitrogens is 1. The summed E-state index contributed by atoms with van der Waals surface area (Å²) >= 11 is 7.95. The van der Waals surface area contributed by atoms with E-state index in [1.807, 2.05) is 26.0 Å². The second-order valence-electron chi connectivity index (χ2n) is 9.56. The summed E-state index contributed by atoms with van der Waals surface area (Å²) in [4.78, 5) is 22.5. The molecule has 1 saturated heterocycles. The van der Waals surface area contributed by atoms with Gasteiger partial charge in [0.1, 0.15) is 0 Å². The smallest absolute Gasteiger partial charge is 0.261 e. The number of amides is 1. The van der Waals surface area contributed by atoms with Crippen LogP contribution < -0.4 is 14.9 Å². The van der Waals surface area contributed by atoms with E-state index in [9.17, 15) is 13.2 Å². The summed E-state index contributed by atoms with van der Waals surface area (Å²) in [6.07, 6.45) is 0. The number of benzene rings is 3. The number of carbonyl (C=O) groups excluding carboxylic acids is 1. The van der Waals surface area contributed by atoms with E-state index in [2.05, 4.69) is 19.8 Å². The van der Waals surface area contributed by atoms with Crippen LogP contribution in [0.4, 0.5) is 10.8 Å². The molecule has 39 heavy (non-hydrogen) atoms. The molecule has 1 amide bonds. The van der Waals surface area contributed by atoms with Crippen LogP contribution in [0.25, 0.3) is 10.2 Å². The molecular formula is C28H30ClN5O3S2. The van der Waals surface area contributed by atoms with Crippen LogP contribution in [0.1, 0.15) is 21.5 Å². The molecule has 0 aliphatic carbocycles. The normalized spacial score (nSPS) is 14.5. The van der Waals surface area contributed by atoms with Crippen LogP contribution in [0.5, 0.6) is 0 Å². The summed E-state index contributed by atoms with van der Waals surface area (Å²) in [5.74, 6) is -0.320. The fourth-order valence-corrected chi connectivity index (χ4v) is 6.81. The molecule has 1 aromatic heterocycles. The molecule has 0 saturated carbocycles. The lowest BCUT2D eigenvalue weighted by atomic mass is 10.1. The Morgan fingerprint density at radius 3 is 2.46 bits per heavy atom. The third-order valence-corrected chi connectivity index (χ3v) is 9.71. The van der Waals surface area contributed by atoms with Crippen molar-refractivity contribution in [2.75, 3.05) is 48.9 Å². The number of para-hydroxylation sites is 1. The molecular weight excluding hydrogens is 554 g/mol. The Kier molecular flexibility index (Phi) is 8.08. The molecule has 1 fully saturated rings. The maximum Gasteiger partial charge on any atom is 0.261 e. The van der Waals surface area contributed by atoms with E-state index >= 15 is 0 Å². The van der Waals surface area contributed by atoms with Crippen LogP contribution in [-0.4, -0.2) is 63.5 Å². The number of rotatable bonds is 8. The van der Waals surface area contributed by atoms with Gasteiger partial charge < -0.3 is 10.2 Å². The maximum atomic E-state index is 13.0. The minimum absolute atomic E-state index is 0.146. The molecule has 8 nitrogen and oxygen atoms in total. The van der Waals surface area contributed by atoms with Crippen LogP contribution in [0.2, 0.25) is 5.02 Å². The maximum absolute atomic E-state index is 13.0. The Morgan fingerprint density at radius 2 is 1.72 bits per heavy atom. The minimum atomic E-state index is -3.82. The molecule has 0 unspecified atom stereocenters. The zero-order valence-corrected chi connectivity index (χ0v) is 24.2. The minimum Gasteiger partial charge on any atom is -0.351 e. The van der Waals surface area contributed by atoms with Crippen LogP contribution in [-0.2, 0) is 10.0 Å². The number of halogens is 1. The number of fused-ring (bicyclic) bond motifs is 1. The van der Waals surface area contributed by atoms with Gasteiger partial charge in [-0.2, -0.15) is 0 Å². The lowest BCUT2D eigenvalue weighted by molar-refractivity contribution is 0.0948. The van der Waals surface area contributed by atoms with Gasteiger partial charge in [-0.15, -0.1) is 0 Å². The number of thiazole rings is 1. The first-order valence-electron chi connectivity index (χ1n) is 12.7. The summed E-state index contributed by atoms with van der Waals surface area (Å²) in [7, 11) is -3.82. The highest BCUT2D eigenvalue weighted by molar-refractivity contribution is 7.92. The lowest BCUT2D eigenvalue weighted by Gasteiger charge is -2.34. The Bertz CT molecular complexity index is 1600. The molecule has 0 spiro atoms. The molecule has 2 N–H and O–H groups in total. The van der Waals surface area contributed by atoms with Crippen LogP contribution in [0.3, 0.4) is 0 Å². The second-order valence-corrected chi connectivity index (χ2v) is 12.7. The Hall–Kier alpha value is -3.18. The SMILES string of the molecule is Cc1ccc(S(=O)(=O)Nc2ccccc2C(=O)NCCN2CCN(c3nc4c(C)c(Cl)ccc4s3)CC2)cc1. The fraction of sp³-hybridized carbons (Fsp3) is 0.286. The number of hydrogen-bond donors (Lipinski definition) is 2.